The van der Waals surface area contributed by atoms with Gasteiger partial charge < -0.3 is 10.5 Å². The molecule has 16 heavy (non-hydrogen) atoms. The third kappa shape index (κ3) is 4.67. The minimum Gasteiger partial charge on any atom is -0.399 e. The molecule has 0 aromatic heterocycles. The molecule has 0 amide bonds. The Morgan fingerprint density at radius 1 is 1.31 bits per heavy atom. The Balaban J connectivity index is 2.19. The Morgan fingerprint density at radius 3 is 2.75 bits per heavy atom. The molecule has 2 N–H and O–H groups in total. The van der Waals surface area contributed by atoms with Crippen LogP contribution in [0.4, 0.5) is 5.69 Å². The van der Waals surface area contributed by atoms with Crippen LogP contribution in [0.25, 0.3) is 0 Å². The molecule has 0 aliphatic heterocycles. The Kier molecular flexibility index (Phi) is 5.94. The number of benzene rings is 1. The lowest BCUT2D eigenvalue weighted by Crippen LogP contribution is -2.08. The van der Waals surface area contributed by atoms with Crippen LogP contribution in [0.15, 0.2) is 24.3 Å². The summed E-state index contributed by atoms with van der Waals surface area (Å²) in [6, 6.07) is 7.98. The van der Waals surface area contributed by atoms with Crippen molar-refractivity contribution in [3.8, 4) is 0 Å². The van der Waals surface area contributed by atoms with Crippen molar-refractivity contribution in [2.75, 3.05) is 18.9 Å². The monoisotopic (exact) mass is 221 g/mol. The summed E-state index contributed by atoms with van der Waals surface area (Å²) >= 11 is 0. The normalized spacial score (nSPS) is 12.6. The second-order valence-corrected chi connectivity index (χ2v) is 4.42. The second kappa shape index (κ2) is 7.29. The molecular formula is C14H23NO. The molecule has 0 fully saturated rings. The minimum atomic E-state index is 0.665. The summed E-state index contributed by atoms with van der Waals surface area (Å²) in [5.74, 6) is 0.665. The molecule has 0 aliphatic carbocycles. The van der Waals surface area contributed by atoms with Gasteiger partial charge in [-0.1, -0.05) is 38.5 Å². The van der Waals surface area contributed by atoms with E-state index in [2.05, 4.69) is 19.9 Å². The fourth-order valence-corrected chi connectivity index (χ4v) is 1.80. The molecule has 0 saturated carbocycles. The highest BCUT2D eigenvalue weighted by molar-refractivity contribution is 5.46. The SMILES string of the molecule is CCCC(C)COCCc1ccccc1N. The molecule has 1 unspecified atom stereocenters. The van der Waals surface area contributed by atoms with E-state index in [-0.39, 0.29) is 0 Å². The molecule has 0 saturated heterocycles. The number of hydrogen-bond acceptors (Lipinski definition) is 2. The first-order valence-electron chi connectivity index (χ1n) is 6.15. The number of para-hydroxylation sites is 1. The molecule has 2 nitrogen and oxygen atoms in total. The number of nitrogen functional groups attached to an aromatic ring is 1. The maximum absolute atomic E-state index is 5.85. The van der Waals surface area contributed by atoms with Crippen LogP contribution in [-0.2, 0) is 11.2 Å². The third-order valence-electron chi connectivity index (χ3n) is 2.75. The van der Waals surface area contributed by atoms with Gasteiger partial charge in [0, 0.05) is 12.3 Å². The summed E-state index contributed by atoms with van der Waals surface area (Å²) in [4.78, 5) is 0. The Hall–Kier alpha value is -1.02. The smallest absolute Gasteiger partial charge is 0.0507 e. The molecule has 1 aromatic carbocycles. The average Bonchev–Trinajstić information content (AvgIpc) is 2.27. The van der Waals surface area contributed by atoms with Crippen molar-refractivity contribution in [3.63, 3.8) is 0 Å². The van der Waals surface area contributed by atoms with Gasteiger partial charge in [-0.2, -0.15) is 0 Å². The third-order valence-corrected chi connectivity index (χ3v) is 2.75. The summed E-state index contributed by atoms with van der Waals surface area (Å²) in [7, 11) is 0. The predicted molar refractivity (Wildman–Crippen MR) is 69.4 cm³/mol. The standard InChI is InChI=1S/C14H23NO/c1-3-6-12(2)11-16-10-9-13-7-4-5-8-14(13)15/h4-5,7-8,12H,3,6,9-11,15H2,1-2H3. The number of rotatable bonds is 7. The van der Waals surface area contributed by atoms with Crippen LogP contribution in [-0.4, -0.2) is 13.2 Å². The number of hydrogen-bond donors (Lipinski definition) is 1. The van der Waals surface area contributed by atoms with Crippen LogP contribution in [0.3, 0.4) is 0 Å². The van der Waals surface area contributed by atoms with E-state index in [4.69, 9.17) is 10.5 Å². The van der Waals surface area contributed by atoms with Gasteiger partial charge in [-0.3, -0.25) is 0 Å². The Morgan fingerprint density at radius 2 is 2.06 bits per heavy atom. The van der Waals surface area contributed by atoms with E-state index < -0.39 is 0 Å². The summed E-state index contributed by atoms with van der Waals surface area (Å²) in [6.07, 6.45) is 3.38. The second-order valence-electron chi connectivity index (χ2n) is 4.42. The van der Waals surface area contributed by atoms with E-state index in [0.29, 0.717) is 5.92 Å². The van der Waals surface area contributed by atoms with Crippen LogP contribution in [0.5, 0.6) is 0 Å². The fourth-order valence-electron chi connectivity index (χ4n) is 1.80. The van der Waals surface area contributed by atoms with Crippen molar-refractivity contribution in [2.45, 2.75) is 33.1 Å². The lowest BCUT2D eigenvalue weighted by molar-refractivity contribution is 0.104. The van der Waals surface area contributed by atoms with Crippen LogP contribution in [0, 0.1) is 5.92 Å². The van der Waals surface area contributed by atoms with Crippen molar-refractivity contribution in [2.24, 2.45) is 5.92 Å². The van der Waals surface area contributed by atoms with E-state index >= 15 is 0 Å². The Bertz CT molecular complexity index is 299. The van der Waals surface area contributed by atoms with Crippen molar-refractivity contribution in [1.82, 2.24) is 0 Å². The molecule has 0 radical (unpaired) electrons. The highest BCUT2D eigenvalue weighted by Gasteiger charge is 2.01. The molecular weight excluding hydrogens is 198 g/mol. The average molecular weight is 221 g/mol. The van der Waals surface area contributed by atoms with Gasteiger partial charge in [0.1, 0.15) is 0 Å². The lowest BCUT2D eigenvalue weighted by Gasteiger charge is -2.11. The van der Waals surface area contributed by atoms with Crippen molar-refractivity contribution < 1.29 is 4.74 Å². The van der Waals surface area contributed by atoms with Gasteiger partial charge in [-0.25, -0.2) is 0 Å². The van der Waals surface area contributed by atoms with Crippen molar-refractivity contribution >= 4 is 5.69 Å². The molecule has 1 rings (SSSR count). The van der Waals surface area contributed by atoms with Gasteiger partial charge >= 0.3 is 0 Å². The first kappa shape index (κ1) is 13.0. The van der Waals surface area contributed by atoms with Gasteiger partial charge in [0.05, 0.1) is 6.61 Å². The van der Waals surface area contributed by atoms with Gasteiger partial charge in [0.25, 0.3) is 0 Å². The molecule has 0 aliphatic rings. The van der Waals surface area contributed by atoms with Crippen molar-refractivity contribution in [3.05, 3.63) is 29.8 Å². The molecule has 1 aromatic rings. The topological polar surface area (TPSA) is 35.2 Å². The van der Waals surface area contributed by atoms with Crippen LogP contribution >= 0.6 is 0 Å². The zero-order chi connectivity index (χ0) is 11.8. The van der Waals surface area contributed by atoms with E-state index in [1.807, 2.05) is 18.2 Å². The highest BCUT2D eigenvalue weighted by Crippen LogP contribution is 2.11. The molecule has 0 spiro atoms. The predicted octanol–water partition coefficient (Wildman–Crippen LogP) is 3.26. The lowest BCUT2D eigenvalue weighted by atomic mass is 10.1. The first-order chi connectivity index (χ1) is 7.74. The van der Waals surface area contributed by atoms with Crippen LogP contribution < -0.4 is 5.73 Å². The largest absolute Gasteiger partial charge is 0.399 e. The van der Waals surface area contributed by atoms with E-state index in [9.17, 15) is 0 Å². The summed E-state index contributed by atoms with van der Waals surface area (Å²) in [6.45, 7) is 6.07. The van der Waals surface area contributed by atoms with E-state index in [1.54, 1.807) is 0 Å². The van der Waals surface area contributed by atoms with Gasteiger partial charge in [0.2, 0.25) is 0 Å². The maximum Gasteiger partial charge on any atom is 0.0507 e. The van der Waals surface area contributed by atoms with Gasteiger partial charge in [0.15, 0.2) is 0 Å². The quantitative estimate of drug-likeness (QED) is 0.566. The summed E-state index contributed by atoms with van der Waals surface area (Å²) < 4.78 is 5.65. The maximum atomic E-state index is 5.85. The number of ether oxygens (including phenoxy) is 1. The van der Waals surface area contributed by atoms with Gasteiger partial charge in [-0.05, 0) is 30.4 Å². The van der Waals surface area contributed by atoms with E-state index in [1.165, 1.54) is 18.4 Å². The molecule has 0 bridgehead atoms. The number of nitrogens with two attached hydrogens (primary N) is 1. The zero-order valence-electron chi connectivity index (χ0n) is 10.4. The molecule has 2 heteroatoms. The molecule has 90 valence electrons. The van der Waals surface area contributed by atoms with Crippen molar-refractivity contribution in [1.29, 1.82) is 0 Å². The first-order valence-corrected chi connectivity index (χ1v) is 6.15. The number of anilines is 1. The van der Waals surface area contributed by atoms with Gasteiger partial charge in [-0.15, -0.1) is 0 Å². The van der Waals surface area contributed by atoms with Crippen LogP contribution in [0.2, 0.25) is 0 Å². The fraction of sp³-hybridized carbons (Fsp3) is 0.571. The summed E-state index contributed by atoms with van der Waals surface area (Å²) in [5.41, 5.74) is 7.91. The summed E-state index contributed by atoms with van der Waals surface area (Å²) in [5, 5.41) is 0. The minimum absolute atomic E-state index is 0.665. The highest BCUT2D eigenvalue weighted by atomic mass is 16.5. The zero-order valence-corrected chi connectivity index (χ0v) is 10.4. The molecule has 1 atom stereocenters. The van der Waals surface area contributed by atoms with E-state index in [0.717, 1.165) is 25.3 Å². The molecule has 0 heterocycles. The Labute approximate surface area is 98.8 Å². The van der Waals surface area contributed by atoms with Crippen LogP contribution in [0.1, 0.15) is 32.3 Å².